The average Bonchev–Trinajstić information content (AvgIpc) is 3.02. The van der Waals surface area contributed by atoms with Crippen molar-refractivity contribution in [2.75, 3.05) is 7.05 Å². The lowest BCUT2D eigenvalue weighted by Crippen LogP contribution is -2.49. The highest BCUT2D eigenvalue weighted by molar-refractivity contribution is 6.01. The van der Waals surface area contributed by atoms with Gasteiger partial charge in [0.05, 0.1) is 11.5 Å². The fourth-order valence-corrected chi connectivity index (χ4v) is 7.12. The number of nitrogens with zero attached hydrogens (tertiary/aromatic N) is 1. The molecule has 1 saturated heterocycles. The fraction of sp³-hybridized carbons (Fsp3) is 0.636. The number of carbonyl (C=O) groups is 2. The van der Waals surface area contributed by atoms with E-state index < -0.39 is 11.5 Å². The first kappa shape index (κ1) is 16.5. The summed E-state index contributed by atoms with van der Waals surface area (Å²) in [4.78, 5) is 27.0. The summed E-state index contributed by atoms with van der Waals surface area (Å²) in [7, 11) is 1.88. The standard InChI is InChI=1S/C22H27NO3/c1-12-19-18(25)11-17-15-5-4-13-10-14(24)6-8-21(13,2)16(15)7-9-22(17,19)20(26)23(12)3/h6,8,10-12,15-16,18-19,25H,4-5,7,9H2,1-3H3. The predicted octanol–water partition coefficient (Wildman–Crippen LogP) is 2.64. The second-order valence-electron chi connectivity index (χ2n) is 9.24. The number of carbonyl (C=O) groups excluding carboxylic acids is 2. The van der Waals surface area contributed by atoms with E-state index in [1.54, 1.807) is 6.08 Å². The summed E-state index contributed by atoms with van der Waals surface area (Å²) in [6.07, 6.45) is 10.8. The molecule has 7 atom stereocenters. The molecule has 0 aromatic rings. The minimum atomic E-state index is -0.527. The number of hydrogen-bond acceptors (Lipinski definition) is 3. The Balaban J connectivity index is 1.59. The van der Waals surface area contributed by atoms with Crippen LogP contribution in [0.1, 0.15) is 39.5 Å². The maximum atomic E-state index is 13.3. The van der Waals surface area contributed by atoms with Gasteiger partial charge in [-0.3, -0.25) is 9.59 Å². The van der Waals surface area contributed by atoms with E-state index in [0.29, 0.717) is 11.8 Å². The van der Waals surface area contributed by atoms with E-state index in [4.69, 9.17) is 0 Å². The molecule has 4 aliphatic carbocycles. The average molecular weight is 353 g/mol. The van der Waals surface area contributed by atoms with E-state index in [2.05, 4.69) is 19.9 Å². The largest absolute Gasteiger partial charge is 0.389 e. The van der Waals surface area contributed by atoms with E-state index in [1.165, 1.54) is 11.1 Å². The van der Waals surface area contributed by atoms with Gasteiger partial charge in [0, 0.05) is 24.4 Å². The quantitative estimate of drug-likeness (QED) is 0.681. The SMILES string of the molecule is CC1C2C(O)C=C3C4CCC5=CC(=O)C=CC5(C)C4CCC32C(=O)N1C. The maximum absolute atomic E-state index is 13.3. The van der Waals surface area contributed by atoms with E-state index in [0.717, 1.165) is 25.7 Å². The number of aliphatic hydroxyl groups is 1. The first-order chi connectivity index (χ1) is 12.3. The molecule has 0 aromatic heterocycles. The molecule has 0 aromatic carbocycles. The van der Waals surface area contributed by atoms with Crippen LogP contribution in [0.2, 0.25) is 0 Å². The summed E-state index contributed by atoms with van der Waals surface area (Å²) in [5.41, 5.74) is 1.88. The Morgan fingerprint density at radius 1 is 1.27 bits per heavy atom. The molecule has 4 heteroatoms. The van der Waals surface area contributed by atoms with E-state index in [9.17, 15) is 14.7 Å². The third-order valence-corrected chi connectivity index (χ3v) is 8.47. The summed E-state index contributed by atoms with van der Waals surface area (Å²) < 4.78 is 0. The first-order valence-corrected chi connectivity index (χ1v) is 9.92. The summed E-state index contributed by atoms with van der Waals surface area (Å²) in [6, 6.07) is 0.0737. The Bertz CT molecular complexity index is 808. The molecule has 7 unspecified atom stereocenters. The first-order valence-electron chi connectivity index (χ1n) is 9.92. The van der Waals surface area contributed by atoms with Gasteiger partial charge in [0.1, 0.15) is 0 Å². The van der Waals surface area contributed by atoms with Gasteiger partial charge < -0.3 is 10.0 Å². The molecule has 3 fully saturated rings. The highest BCUT2D eigenvalue weighted by atomic mass is 16.3. The highest BCUT2D eigenvalue weighted by Gasteiger charge is 2.67. The molecular weight excluding hydrogens is 326 g/mol. The molecule has 26 heavy (non-hydrogen) atoms. The Labute approximate surface area is 154 Å². The molecule has 5 aliphatic rings. The summed E-state index contributed by atoms with van der Waals surface area (Å²) >= 11 is 0. The van der Waals surface area contributed by atoms with Gasteiger partial charge in [0.25, 0.3) is 0 Å². The minimum absolute atomic E-state index is 0.0100. The van der Waals surface area contributed by atoms with Crippen LogP contribution >= 0.6 is 0 Å². The monoisotopic (exact) mass is 353 g/mol. The molecule has 1 heterocycles. The van der Waals surface area contributed by atoms with Crippen LogP contribution in [0.25, 0.3) is 0 Å². The molecule has 1 spiro atoms. The normalized spacial score (nSPS) is 49.2. The van der Waals surface area contributed by atoms with Gasteiger partial charge in [-0.05, 0) is 56.6 Å². The molecule has 1 aliphatic heterocycles. The van der Waals surface area contributed by atoms with Crippen LogP contribution in [0.4, 0.5) is 0 Å². The van der Waals surface area contributed by atoms with E-state index >= 15 is 0 Å². The van der Waals surface area contributed by atoms with Crippen LogP contribution in [-0.2, 0) is 9.59 Å². The molecule has 1 amide bonds. The van der Waals surface area contributed by atoms with Gasteiger partial charge in [-0.2, -0.15) is 0 Å². The topological polar surface area (TPSA) is 57.6 Å². The van der Waals surface area contributed by atoms with Crippen LogP contribution in [0.15, 0.2) is 35.5 Å². The third kappa shape index (κ3) is 1.70. The Kier molecular flexibility index (Phi) is 3.16. The zero-order valence-electron chi connectivity index (χ0n) is 15.7. The van der Waals surface area contributed by atoms with Crippen molar-refractivity contribution in [3.63, 3.8) is 0 Å². The van der Waals surface area contributed by atoms with Crippen molar-refractivity contribution in [2.45, 2.75) is 51.7 Å². The number of amides is 1. The summed E-state index contributed by atoms with van der Waals surface area (Å²) in [5.74, 6) is 1.02. The van der Waals surface area contributed by atoms with Gasteiger partial charge in [-0.25, -0.2) is 0 Å². The van der Waals surface area contributed by atoms with Crippen molar-refractivity contribution in [1.29, 1.82) is 0 Å². The lowest BCUT2D eigenvalue weighted by molar-refractivity contribution is -0.136. The van der Waals surface area contributed by atoms with Crippen LogP contribution in [0.3, 0.4) is 0 Å². The van der Waals surface area contributed by atoms with Crippen molar-refractivity contribution in [2.24, 2.45) is 28.6 Å². The lowest BCUT2D eigenvalue weighted by Gasteiger charge is -2.54. The van der Waals surface area contributed by atoms with Gasteiger partial charge in [-0.1, -0.05) is 30.2 Å². The number of likely N-dealkylation sites (tertiary alicyclic amines) is 1. The van der Waals surface area contributed by atoms with Crippen molar-refractivity contribution in [3.8, 4) is 0 Å². The smallest absolute Gasteiger partial charge is 0.233 e. The molecule has 5 rings (SSSR count). The van der Waals surface area contributed by atoms with Crippen molar-refractivity contribution in [3.05, 3.63) is 35.5 Å². The zero-order chi connectivity index (χ0) is 18.4. The van der Waals surface area contributed by atoms with Crippen molar-refractivity contribution < 1.29 is 14.7 Å². The second-order valence-corrected chi connectivity index (χ2v) is 9.24. The van der Waals surface area contributed by atoms with E-state index in [1.807, 2.05) is 24.1 Å². The molecule has 4 nitrogen and oxygen atoms in total. The number of fused-ring (bicyclic) bond motifs is 4. The molecule has 0 bridgehead atoms. The molecule has 138 valence electrons. The van der Waals surface area contributed by atoms with E-state index in [-0.39, 0.29) is 29.1 Å². The molecular formula is C22H27NO3. The Morgan fingerprint density at radius 2 is 2.04 bits per heavy atom. The van der Waals surface area contributed by atoms with Crippen LogP contribution in [0, 0.1) is 28.6 Å². The van der Waals surface area contributed by atoms with Crippen LogP contribution in [-0.4, -0.2) is 40.9 Å². The number of aliphatic hydroxyl groups excluding tert-OH is 1. The van der Waals surface area contributed by atoms with Crippen molar-refractivity contribution in [1.82, 2.24) is 4.90 Å². The minimum Gasteiger partial charge on any atom is -0.389 e. The Hall–Kier alpha value is -1.68. The Morgan fingerprint density at radius 3 is 2.81 bits per heavy atom. The molecule has 1 N–H and O–H groups in total. The predicted molar refractivity (Wildman–Crippen MR) is 98.0 cm³/mol. The van der Waals surface area contributed by atoms with Gasteiger partial charge in [-0.15, -0.1) is 0 Å². The van der Waals surface area contributed by atoms with Gasteiger partial charge >= 0.3 is 0 Å². The summed E-state index contributed by atoms with van der Waals surface area (Å²) in [6.45, 7) is 4.33. The highest BCUT2D eigenvalue weighted by Crippen LogP contribution is 2.66. The number of hydrogen-bond donors (Lipinski definition) is 1. The lowest BCUT2D eigenvalue weighted by atomic mass is 9.49. The number of allylic oxidation sites excluding steroid dienone is 4. The number of rotatable bonds is 0. The second kappa shape index (κ2) is 4.98. The zero-order valence-corrected chi connectivity index (χ0v) is 15.7. The third-order valence-electron chi connectivity index (χ3n) is 8.47. The van der Waals surface area contributed by atoms with Gasteiger partial charge in [0.2, 0.25) is 5.91 Å². The summed E-state index contributed by atoms with van der Waals surface area (Å²) in [5, 5.41) is 10.8. The fourth-order valence-electron chi connectivity index (χ4n) is 7.12. The van der Waals surface area contributed by atoms with Crippen molar-refractivity contribution >= 4 is 11.7 Å². The number of ketones is 1. The molecule has 0 radical (unpaired) electrons. The molecule has 2 saturated carbocycles. The van der Waals surface area contributed by atoms with Gasteiger partial charge in [0.15, 0.2) is 5.78 Å². The maximum Gasteiger partial charge on any atom is 0.233 e. The van der Waals surface area contributed by atoms with Crippen LogP contribution < -0.4 is 0 Å². The van der Waals surface area contributed by atoms with Crippen LogP contribution in [0.5, 0.6) is 0 Å².